The maximum atomic E-state index is 5.46. The molecule has 1 aliphatic carbocycles. The van der Waals surface area contributed by atoms with Gasteiger partial charge in [0.15, 0.2) is 0 Å². The average Bonchev–Trinajstić information content (AvgIpc) is 3.05. The fraction of sp³-hybridized carbons (Fsp3) is 1.00. The molecule has 98 valence electrons. The topological polar surface area (TPSA) is 24.5 Å². The summed E-state index contributed by atoms with van der Waals surface area (Å²) in [5, 5.41) is 3.72. The third kappa shape index (κ3) is 3.01. The van der Waals surface area contributed by atoms with E-state index in [9.17, 15) is 0 Å². The van der Waals surface area contributed by atoms with Gasteiger partial charge < -0.3 is 10.1 Å². The Bertz CT molecular complexity index is 249. The number of nitrogens with zero attached hydrogens (tertiary/aromatic N) is 1. The van der Waals surface area contributed by atoms with Gasteiger partial charge in [-0.25, -0.2) is 0 Å². The van der Waals surface area contributed by atoms with E-state index in [1.54, 1.807) is 0 Å². The normalized spacial score (nSPS) is 39.7. The predicted molar refractivity (Wildman–Crippen MR) is 69.1 cm³/mol. The second-order valence-corrected chi connectivity index (χ2v) is 6.21. The first-order valence-electron chi connectivity index (χ1n) is 7.38. The first kappa shape index (κ1) is 11.9. The molecular formula is C14H26N2O. The van der Waals surface area contributed by atoms with E-state index in [0.29, 0.717) is 6.04 Å². The Morgan fingerprint density at radius 2 is 2.18 bits per heavy atom. The predicted octanol–water partition coefficient (Wildman–Crippen LogP) is 1.49. The Morgan fingerprint density at radius 1 is 1.29 bits per heavy atom. The number of hydrogen-bond acceptors (Lipinski definition) is 3. The van der Waals surface area contributed by atoms with Gasteiger partial charge in [0.1, 0.15) is 0 Å². The zero-order valence-electron chi connectivity index (χ0n) is 11.0. The molecule has 3 fully saturated rings. The lowest BCUT2D eigenvalue weighted by molar-refractivity contribution is 0.121. The average molecular weight is 238 g/mol. The number of nitrogens with one attached hydrogen (secondary N) is 1. The fourth-order valence-electron chi connectivity index (χ4n) is 3.23. The minimum Gasteiger partial charge on any atom is -0.381 e. The van der Waals surface area contributed by atoms with Crippen molar-refractivity contribution in [1.29, 1.82) is 0 Å². The molecule has 0 aromatic heterocycles. The molecule has 3 aliphatic rings. The van der Waals surface area contributed by atoms with Crippen LogP contribution in [0.15, 0.2) is 0 Å². The van der Waals surface area contributed by atoms with Crippen LogP contribution in [-0.2, 0) is 4.74 Å². The van der Waals surface area contributed by atoms with Crippen molar-refractivity contribution < 1.29 is 4.74 Å². The van der Waals surface area contributed by atoms with Crippen molar-refractivity contribution in [3.63, 3.8) is 0 Å². The number of rotatable bonds is 4. The summed E-state index contributed by atoms with van der Waals surface area (Å²) in [4.78, 5) is 2.71. The highest BCUT2D eigenvalue weighted by Crippen LogP contribution is 2.34. The summed E-state index contributed by atoms with van der Waals surface area (Å²) in [6, 6.07) is 1.50. The largest absolute Gasteiger partial charge is 0.381 e. The number of hydrogen-bond donors (Lipinski definition) is 1. The second kappa shape index (κ2) is 5.25. The molecule has 3 nitrogen and oxygen atoms in total. The van der Waals surface area contributed by atoms with Gasteiger partial charge in [-0.05, 0) is 51.0 Å². The van der Waals surface area contributed by atoms with Gasteiger partial charge in [-0.1, -0.05) is 0 Å². The highest BCUT2D eigenvalue weighted by molar-refractivity contribution is 4.93. The molecule has 0 spiro atoms. The summed E-state index contributed by atoms with van der Waals surface area (Å²) in [5.41, 5.74) is 0. The SMILES string of the molecule is CC1CNC(C2CC2)CN1CCC1CCOC1. The summed E-state index contributed by atoms with van der Waals surface area (Å²) in [6.07, 6.45) is 5.53. The second-order valence-electron chi connectivity index (χ2n) is 6.21. The van der Waals surface area contributed by atoms with Crippen LogP contribution in [0.4, 0.5) is 0 Å². The van der Waals surface area contributed by atoms with Crippen LogP contribution in [0, 0.1) is 11.8 Å². The Morgan fingerprint density at radius 3 is 2.88 bits per heavy atom. The van der Waals surface area contributed by atoms with Crippen LogP contribution in [0.1, 0.15) is 32.6 Å². The lowest BCUT2D eigenvalue weighted by Crippen LogP contribution is -2.56. The quantitative estimate of drug-likeness (QED) is 0.803. The van der Waals surface area contributed by atoms with Crippen LogP contribution in [0.5, 0.6) is 0 Å². The Hall–Kier alpha value is -0.120. The van der Waals surface area contributed by atoms with E-state index in [1.165, 1.54) is 45.3 Å². The van der Waals surface area contributed by atoms with Gasteiger partial charge >= 0.3 is 0 Å². The molecule has 1 N–H and O–H groups in total. The minimum atomic E-state index is 0.715. The molecule has 0 amide bonds. The van der Waals surface area contributed by atoms with Crippen molar-refractivity contribution in [2.24, 2.45) is 11.8 Å². The van der Waals surface area contributed by atoms with E-state index >= 15 is 0 Å². The monoisotopic (exact) mass is 238 g/mol. The van der Waals surface area contributed by atoms with E-state index < -0.39 is 0 Å². The molecule has 1 saturated carbocycles. The van der Waals surface area contributed by atoms with Crippen molar-refractivity contribution >= 4 is 0 Å². The summed E-state index contributed by atoms with van der Waals surface area (Å²) in [6.45, 7) is 8.10. The first-order chi connectivity index (χ1) is 8.33. The molecular weight excluding hydrogens is 212 g/mol. The van der Waals surface area contributed by atoms with Crippen LogP contribution in [-0.4, -0.2) is 49.8 Å². The fourth-order valence-corrected chi connectivity index (χ4v) is 3.23. The standard InChI is InChI=1S/C14H26N2O/c1-11-8-15-14(13-2-3-13)9-16(11)6-4-12-5-7-17-10-12/h11-15H,2-10H2,1H3. The molecule has 0 aromatic carbocycles. The van der Waals surface area contributed by atoms with Crippen molar-refractivity contribution in [2.75, 3.05) is 32.8 Å². The Labute approximate surface area is 105 Å². The van der Waals surface area contributed by atoms with Gasteiger partial charge in [0, 0.05) is 38.4 Å². The van der Waals surface area contributed by atoms with Crippen LogP contribution < -0.4 is 5.32 Å². The molecule has 0 bridgehead atoms. The Balaban J connectivity index is 1.45. The van der Waals surface area contributed by atoms with Crippen LogP contribution in [0.2, 0.25) is 0 Å². The van der Waals surface area contributed by atoms with Crippen LogP contribution in [0.3, 0.4) is 0 Å². The van der Waals surface area contributed by atoms with E-state index in [0.717, 1.165) is 31.1 Å². The molecule has 3 unspecified atom stereocenters. The van der Waals surface area contributed by atoms with Gasteiger partial charge in [0.2, 0.25) is 0 Å². The van der Waals surface area contributed by atoms with Crippen molar-refractivity contribution in [3.05, 3.63) is 0 Å². The molecule has 2 heterocycles. The Kier molecular flexibility index (Phi) is 3.69. The molecule has 2 saturated heterocycles. The summed E-state index contributed by atoms with van der Waals surface area (Å²) < 4.78 is 5.46. The molecule has 3 heteroatoms. The van der Waals surface area contributed by atoms with Gasteiger partial charge in [-0.2, -0.15) is 0 Å². The van der Waals surface area contributed by atoms with Crippen LogP contribution in [0.25, 0.3) is 0 Å². The lowest BCUT2D eigenvalue weighted by atomic mass is 10.0. The molecule has 3 rings (SSSR count). The van der Waals surface area contributed by atoms with E-state index in [4.69, 9.17) is 4.74 Å². The van der Waals surface area contributed by atoms with Gasteiger partial charge in [-0.15, -0.1) is 0 Å². The molecule has 17 heavy (non-hydrogen) atoms. The van der Waals surface area contributed by atoms with E-state index in [1.807, 2.05) is 0 Å². The molecule has 0 aromatic rings. The zero-order valence-corrected chi connectivity index (χ0v) is 11.0. The van der Waals surface area contributed by atoms with Crippen molar-refractivity contribution in [3.8, 4) is 0 Å². The number of ether oxygens (including phenoxy) is 1. The van der Waals surface area contributed by atoms with Crippen LogP contribution >= 0.6 is 0 Å². The van der Waals surface area contributed by atoms with E-state index in [2.05, 4.69) is 17.1 Å². The van der Waals surface area contributed by atoms with Crippen molar-refractivity contribution in [2.45, 2.75) is 44.7 Å². The van der Waals surface area contributed by atoms with Gasteiger partial charge in [0.05, 0.1) is 0 Å². The highest BCUT2D eigenvalue weighted by atomic mass is 16.5. The molecule has 2 aliphatic heterocycles. The third-order valence-corrected chi connectivity index (χ3v) is 4.77. The summed E-state index contributed by atoms with van der Waals surface area (Å²) in [7, 11) is 0. The van der Waals surface area contributed by atoms with Gasteiger partial charge in [0.25, 0.3) is 0 Å². The third-order valence-electron chi connectivity index (χ3n) is 4.77. The summed E-state index contributed by atoms with van der Waals surface area (Å²) >= 11 is 0. The maximum absolute atomic E-state index is 5.46. The highest BCUT2D eigenvalue weighted by Gasteiger charge is 2.35. The zero-order chi connectivity index (χ0) is 11.7. The maximum Gasteiger partial charge on any atom is 0.0495 e. The molecule has 3 atom stereocenters. The summed E-state index contributed by atoms with van der Waals surface area (Å²) in [5.74, 6) is 1.82. The number of piperazine rings is 1. The first-order valence-corrected chi connectivity index (χ1v) is 7.38. The van der Waals surface area contributed by atoms with E-state index in [-0.39, 0.29) is 0 Å². The lowest BCUT2D eigenvalue weighted by Gasteiger charge is -2.39. The molecule has 0 radical (unpaired) electrons. The minimum absolute atomic E-state index is 0.715. The smallest absolute Gasteiger partial charge is 0.0495 e. The van der Waals surface area contributed by atoms with Gasteiger partial charge in [-0.3, -0.25) is 4.90 Å². The van der Waals surface area contributed by atoms with Crippen molar-refractivity contribution in [1.82, 2.24) is 10.2 Å².